The maximum Gasteiger partial charge on any atom is 0.307 e. The van der Waals surface area contributed by atoms with Crippen LogP contribution in [-0.4, -0.2) is 36.6 Å². The monoisotopic (exact) mass is 367 g/mol. The fourth-order valence-corrected chi connectivity index (χ4v) is 3.37. The van der Waals surface area contributed by atoms with Crippen LogP contribution in [0.2, 0.25) is 0 Å². The fraction of sp³-hybridized carbons (Fsp3) is 0.870. The average Bonchev–Trinajstić information content (AvgIpc) is 2.59. The van der Waals surface area contributed by atoms with Gasteiger partial charge in [0.05, 0.1) is 5.92 Å². The second-order valence-electron chi connectivity index (χ2n) is 8.02. The topological polar surface area (TPSA) is 40.5 Å². The van der Waals surface area contributed by atoms with E-state index in [4.69, 9.17) is 0 Å². The summed E-state index contributed by atoms with van der Waals surface area (Å²) in [5.41, 5.74) is 0. The molecule has 26 heavy (non-hydrogen) atoms. The van der Waals surface area contributed by atoms with Crippen LogP contribution >= 0.6 is 0 Å². The molecule has 0 aromatic rings. The number of carboxylic acid groups (broad SMARTS) is 1. The molecule has 0 amide bonds. The summed E-state index contributed by atoms with van der Waals surface area (Å²) in [6.45, 7) is 2.92. The van der Waals surface area contributed by atoms with Crippen molar-refractivity contribution < 1.29 is 9.90 Å². The van der Waals surface area contributed by atoms with Crippen molar-refractivity contribution in [2.24, 2.45) is 5.92 Å². The first-order chi connectivity index (χ1) is 12.6. The molecule has 0 spiro atoms. The summed E-state index contributed by atoms with van der Waals surface area (Å²) < 4.78 is 0. The number of rotatable bonds is 19. The number of hydrogen-bond donors (Lipinski definition) is 1. The van der Waals surface area contributed by atoms with Crippen molar-refractivity contribution in [3.63, 3.8) is 0 Å². The largest absolute Gasteiger partial charge is 0.481 e. The third kappa shape index (κ3) is 18.0. The van der Waals surface area contributed by atoms with E-state index in [1.165, 1.54) is 83.5 Å². The first-order valence-electron chi connectivity index (χ1n) is 11.1. The fourth-order valence-electron chi connectivity index (χ4n) is 3.37. The van der Waals surface area contributed by atoms with Gasteiger partial charge in [0.1, 0.15) is 0 Å². The van der Waals surface area contributed by atoms with E-state index in [1.54, 1.807) is 0 Å². The van der Waals surface area contributed by atoms with Crippen LogP contribution in [-0.2, 0) is 4.79 Å². The second-order valence-corrected chi connectivity index (χ2v) is 8.02. The van der Waals surface area contributed by atoms with E-state index >= 15 is 0 Å². The maximum atomic E-state index is 11.2. The number of carboxylic acids is 1. The molecule has 0 radical (unpaired) electrons. The van der Waals surface area contributed by atoms with E-state index < -0.39 is 5.97 Å². The van der Waals surface area contributed by atoms with Crippen molar-refractivity contribution in [1.82, 2.24) is 4.90 Å². The van der Waals surface area contributed by atoms with E-state index in [2.05, 4.69) is 19.1 Å². The molecule has 154 valence electrons. The van der Waals surface area contributed by atoms with Gasteiger partial charge in [0, 0.05) is 6.54 Å². The van der Waals surface area contributed by atoms with Gasteiger partial charge in [0.2, 0.25) is 0 Å². The molecule has 1 atom stereocenters. The Balaban J connectivity index is 3.35. The lowest BCUT2D eigenvalue weighted by Crippen LogP contribution is -2.27. The maximum absolute atomic E-state index is 11.2. The van der Waals surface area contributed by atoms with Gasteiger partial charge in [-0.25, -0.2) is 0 Å². The standard InChI is InChI=1S/C23H45NO2/c1-4-5-6-7-8-9-10-11-12-13-14-15-16-17-18-19-20-22(23(25)26)21-24(2)3/h11-12,22H,4-10,13-21H2,1-3H3,(H,25,26)/b12-11-. The minimum absolute atomic E-state index is 0.207. The molecule has 0 bridgehead atoms. The summed E-state index contributed by atoms with van der Waals surface area (Å²) in [6, 6.07) is 0. The van der Waals surface area contributed by atoms with E-state index in [9.17, 15) is 9.90 Å². The number of allylic oxidation sites excluding steroid dienone is 2. The van der Waals surface area contributed by atoms with Crippen molar-refractivity contribution in [2.45, 2.75) is 103 Å². The molecule has 0 aliphatic heterocycles. The highest BCUT2D eigenvalue weighted by molar-refractivity contribution is 5.70. The van der Waals surface area contributed by atoms with Crippen LogP contribution in [0.25, 0.3) is 0 Å². The Labute approximate surface area is 163 Å². The molecule has 3 heteroatoms. The van der Waals surface area contributed by atoms with E-state index in [0.29, 0.717) is 6.54 Å². The van der Waals surface area contributed by atoms with Crippen molar-refractivity contribution in [2.75, 3.05) is 20.6 Å². The lowest BCUT2D eigenvalue weighted by molar-refractivity contribution is -0.142. The number of hydrogen-bond acceptors (Lipinski definition) is 2. The van der Waals surface area contributed by atoms with Gasteiger partial charge >= 0.3 is 5.97 Å². The lowest BCUT2D eigenvalue weighted by Gasteiger charge is -2.16. The predicted molar refractivity (Wildman–Crippen MR) is 114 cm³/mol. The summed E-state index contributed by atoms with van der Waals surface area (Å²) in [5, 5.41) is 9.21. The SMILES string of the molecule is CCCCCCCC/C=C\CCCCCCCCC(CN(C)C)C(=O)O. The van der Waals surface area contributed by atoms with Crippen molar-refractivity contribution in [3.8, 4) is 0 Å². The van der Waals surface area contributed by atoms with Gasteiger partial charge in [0.25, 0.3) is 0 Å². The van der Waals surface area contributed by atoms with Gasteiger partial charge in [-0.2, -0.15) is 0 Å². The molecule has 0 aliphatic rings. The molecule has 0 rings (SSSR count). The normalized spacial score (nSPS) is 12.9. The Morgan fingerprint density at radius 1 is 0.808 bits per heavy atom. The Morgan fingerprint density at radius 3 is 1.73 bits per heavy atom. The summed E-state index contributed by atoms with van der Waals surface area (Å²) >= 11 is 0. The number of unbranched alkanes of at least 4 members (excludes halogenated alkanes) is 12. The molecule has 0 heterocycles. The Kier molecular flexibility index (Phi) is 18.3. The van der Waals surface area contributed by atoms with Crippen LogP contribution < -0.4 is 0 Å². The molecular formula is C23H45NO2. The highest BCUT2D eigenvalue weighted by Crippen LogP contribution is 2.14. The predicted octanol–water partition coefficient (Wildman–Crippen LogP) is 6.68. The summed E-state index contributed by atoms with van der Waals surface area (Å²) in [6.07, 6.45) is 23.7. The third-order valence-corrected chi connectivity index (χ3v) is 5.00. The molecule has 0 fully saturated rings. The van der Waals surface area contributed by atoms with Gasteiger partial charge in [0.15, 0.2) is 0 Å². The Bertz CT molecular complexity index is 339. The van der Waals surface area contributed by atoms with Gasteiger partial charge in [-0.05, 0) is 46.2 Å². The zero-order chi connectivity index (χ0) is 19.5. The summed E-state index contributed by atoms with van der Waals surface area (Å²) in [4.78, 5) is 13.2. The zero-order valence-corrected chi connectivity index (χ0v) is 17.8. The highest BCUT2D eigenvalue weighted by Gasteiger charge is 2.17. The highest BCUT2D eigenvalue weighted by atomic mass is 16.4. The minimum Gasteiger partial charge on any atom is -0.481 e. The van der Waals surface area contributed by atoms with E-state index in [1.807, 2.05) is 19.0 Å². The molecule has 0 aliphatic carbocycles. The first kappa shape index (κ1) is 25.2. The third-order valence-electron chi connectivity index (χ3n) is 5.00. The lowest BCUT2D eigenvalue weighted by atomic mass is 9.99. The van der Waals surface area contributed by atoms with Crippen LogP contribution in [0.1, 0.15) is 103 Å². The summed E-state index contributed by atoms with van der Waals surface area (Å²) in [7, 11) is 3.88. The zero-order valence-electron chi connectivity index (χ0n) is 17.8. The van der Waals surface area contributed by atoms with Crippen molar-refractivity contribution in [3.05, 3.63) is 12.2 Å². The number of aliphatic carboxylic acids is 1. The number of carbonyl (C=O) groups is 1. The minimum atomic E-state index is -0.647. The van der Waals surface area contributed by atoms with Crippen molar-refractivity contribution >= 4 is 5.97 Å². The van der Waals surface area contributed by atoms with E-state index in [0.717, 1.165) is 12.8 Å². The van der Waals surface area contributed by atoms with E-state index in [-0.39, 0.29) is 5.92 Å². The molecular weight excluding hydrogens is 322 g/mol. The van der Waals surface area contributed by atoms with Gasteiger partial charge in [-0.3, -0.25) is 4.79 Å². The molecule has 0 saturated heterocycles. The first-order valence-corrected chi connectivity index (χ1v) is 11.1. The van der Waals surface area contributed by atoms with Gasteiger partial charge < -0.3 is 10.0 Å². The molecule has 0 aromatic heterocycles. The van der Waals surface area contributed by atoms with Crippen LogP contribution in [0.5, 0.6) is 0 Å². The molecule has 1 N–H and O–H groups in total. The molecule has 1 unspecified atom stereocenters. The Morgan fingerprint density at radius 2 is 1.27 bits per heavy atom. The van der Waals surface area contributed by atoms with Crippen molar-refractivity contribution in [1.29, 1.82) is 0 Å². The van der Waals surface area contributed by atoms with Crippen LogP contribution in [0.4, 0.5) is 0 Å². The Hall–Kier alpha value is -0.830. The van der Waals surface area contributed by atoms with Gasteiger partial charge in [-0.15, -0.1) is 0 Å². The number of nitrogens with zero attached hydrogens (tertiary/aromatic N) is 1. The second kappa shape index (κ2) is 18.9. The van der Waals surface area contributed by atoms with Crippen LogP contribution in [0, 0.1) is 5.92 Å². The van der Waals surface area contributed by atoms with Crippen LogP contribution in [0.15, 0.2) is 12.2 Å². The quantitative estimate of drug-likeness (QED) is 0.204. The molecule has 0 aromatic carbocycles. The van der Waals surface area contributed by atoms with Crippen LogP contribution in [0.3, 0.4) is 0 Å². The molecule has 3 nitrogen and oxygen atoms in total. The summed E-state index contributed by atoms with van der Waals surface area (Å²) in [5.74, 6) is -0.853. The average molecular weight is 368 g/mol. The smallest absolute Gasteiger partial charge is 0.307 e. The van der Waals surface area contributed by atoms with Gasteiger partial charge in [-0.1, -0.05) is 83.3 Å². The molecule has 0 saturated carbocycles.